The number of hydrogen-bond acceptors (Lipinski definition) is 2. The number of carbonyl (C=O) groups excluding carboxylic acids is 1. The maximum atomic E-state index is 12.1. The third-order valence-electron chi connectivity index (χ3n) is 4.84. The van der Waals surface area contributed by atoms with Crippen molar-refractivity contribution in [2.45, 2.75) is 64.3 Å². The first-order chi connectivity index (χ1) is 9.13. The molecule has 0 spiro atoms. The number of nitrogens with one attached hydrogen (secondary N) is 1. The van der Waals surface area contributed by atoms with Crippen molar-refractivity contribution in [2.24, 2.45) is 17.8 Å². The predicted octanol–water partition coefficient (Wildman–Crippen LogP) is 2.57. The van der Waals surface area contributed by atoms with E-state index in [1.54, 1.807) is 0 Å². The lowest BCUT2D eigenvalue weighted by Gasteiger charge is -2.33. The Kier molecular flexibility index (Phi) is 4.83. The van der Waals surface area contributed by atoms with E-state index in [-0.39, 0.29) is 17.9 Å². The summed E-state index contributed by atoms with van der Waals surface area (Å²) in [5.74, 6) is -0.972. The Morgan fingerprint density at radius 2 is 1.89 bits per heavy atom. The number of hydrogen-bond donors (Lipinski definition) is 2. The molecule has 4 unspecified atom stereocenters. The molecule has 0 aromatic carbocycles. The molecule has 4 atom stereocenters. The van der Waals surface area contributed by atoms with E-state index >= 15 is 0 Å². The first-order valence-corrected chi connectivity index (χ1v) is 7.66. The molecular formula is C15H25NO3. The highest BCUT2D eigenvalue weighted by Gasteiger charge is 2.42. The second kappa shape index (κ2) is 6.40. The number of carbonyl (C=O) groups is 2. The molecule has 4 nitrogen and oxygen atoms in total. The number of aliphatic carboxylic acids is 1. The summed E-state index contributed by atoms with van der Waals surface area (Å²) in [4.78, 5) is 23.1. The molecule has 2 aliphatic carbocycles. The van der Waals surface area contributed by atoms with Gasteiger partial charge in [0.15, 0.2) is 0 Å². The van der Waals surface area contributed by atoms with Crippen LogP contribution in [0.2, 0.25) is 0 Å². The van der Waals surface area contributed by atoms with E-state index in [1.807, 2.05) is 0 Å². The molecule has 4 heteroatoms. The first kappa shape index (κ1) is 14.4. The summed E-state index contributed by atoms with van der Waals surface area (Å²) in [5.41, 5.74) is 0. The number of rotatable bonds is 6. The van der Waals surface area contributed by atoms with Crippen molar-refractivity contribution in [3.63, 3.8) is 0 Å². The lowest BCUT2D eigenvalue weighted by atomic mass is 9.73. The van der Waals surface area contributed by atoms with E-state index in [0.29, 0.717) is 12.3 Å². The van der Waals surface area contributed by atoms with Gasteiger partial charge < -0.3 is 10.4 Å². The molecule has 19 heavy (non-hydrogen) atoms. The summed E-state index contributed by atoms with van der Waals surface area (Å²) >= 11 is 0. The van der Waals surface area contributed by atoms with Crippen LogP contribution in [0.1, 0.15) is 58.3 Å². The van der Waals surface area contributed by atoms with Crippen LogP contribution < -0.4 is 5.32 Å². The Morgan fingerprint density at radius 3 is 2.47 bits per heavy atom. The van der Waals surface area contributed by atoms with E-state index in [1.165, 1.54) is 32.1 Å². The second-order valence-corrected chi connectivity index (χ2v) is 6.08. The van der Waals surface area contributed by atoms with E-state index in [9.17, 15) is 9.59 Å². The lowest BCUT2D eigenvalue weighted by molar-refractivity contribution is -0.153. The van der Waals surface area contributed by atoms with Gasteiger partial charge in [0.25, 0.3) is 0 Å². The zero-order chi connectivity index (χ0) is 13.8. The van der Waals surface area contributed by atoms with Crippen molar-refractivity contribution in [3.8, 4) is 0 Å². The van der Waals surface area contributed by atoms with Gasteiger partial charge in [-0.1, -0.05) is 26.2 Å². The van der Waals surface area contributed by atoms with Crippen LogP contribution in [0.4, 0.5) is 0 Å². The Hall–Kier alpha value is -1.06. The van der Waals surface area contributed by atoms with Crippen LogP contribution >= 0.6 is 0 Å². The highest BCUT2D eigenvalue weighted by atomic mass is 16.4. The molecule has 108 valence electrons. The third-order valence-corrected chi connectivity index (χ3v) is 4.84. The van der Waals surface area contributed by atoms with Crippen LogP contribution in [-0.4, -0.2) is 23.0 Å². The molecule has 2 fully saturated rings. The molecule has 0 aromatic heterocycles. The molecule has 0 radical (unpaired) electrons. The van der Waals surface area contributed by atoms with E-state index in [4.69, 9.17) is 5.11 Å². The minimum atomic E-state index is -0.819. The standard InChI is InChI=1S/C15H25NO3/c1-2-3-5-10-6-4-7-13(10)16-14(17)11-8-9-12(11)15(18)19/h10-13H,2-9H2,1H3,(H,16,17)(H,18,19). The zero-order valence-corrected chi connectivity index (χ0v) is 11.7. The first-order valence-electron chi connectivity index (χ1n) is 7.66. The van der Waals surface area contributed by atoms with Gasteiger partial charge >= 0.3 is 5.97 Å². The molecule has 0 heterocycles. The van der Waals surface area contributed by atoms with Crippen LogP contribution in [0.3, 0.4) is 0 Å². The van der Waals surface area contributed by atoms with Gasteiger partial charge in [0, 0.05) is 6.04 Å². The Balaban J connectivity index is 1.83. The van der Waals surface area contributed by atoms with Gasteiger partial charge in [0.2, 0.25) is 5.91 Å². The molecule has 0 saturated heterocycles. The van der Waals surface area contributed by atoms with Crippen LogP contribution in [-0.2, 0) is 9.59 Å². The van der Waals surface area contributed by atoms with Gasteiger partial charge in [-0.2, -0.15) is 0 Å². The maximum Gasteiger partial charge on any atom is 0.307 e. The number of unbranched alkanes of at least 4 members (excludes halogenated alkanes) is 1. The average molecular weight is 267 g/mol. The minimum absolute atomic E-state index is 0.0213. The summed E-state index contributed by atoms with van der Waals surface area (Å²) in [6.45, 7) is 2.19. The maximum absolute atomic E-state index is 12.1. The minimum Gasteiger partial charge on any atom is -0.481 e. The smallest absolute Gasteiger partial charge is 0.307 e. The molecule has 2 aliphatic rings. The fourth-order valence-corrected chi connectivity index (χ4v) is 3.44. The molecule has 2 saturated carbocycles. The molecule has 2 rings (SSSR count). The molecule has 0 bridgehead atoms. The van der Waals surface area contributed by atoms with Crippen molar-refractivity contribution in [2.75, 3.05) is 0 Å². The van der Waals surface area contributed by atoms with E-state index in [0.717, 1.165) is 12.8 Å². The monoisotopic (exact) mass is 267 g/mol. The van der Waals surface area contributed by atoms with Crippen LogP contribution in [0.5, 0.6) is 0 Å². The van der Waals surface area contributed by atoms with Crippen molar-refractivity contribution in [1.82, 2.24) is 5.32 Å². The van der Waals surface area contributed by atoms with Crippen LogP contribution in [0, 0.1) is 17.8 Å². The second-order valence-electron chi connectivity index (χ2n) is 6.08. The fraction of sp³-hybridized carbons (Fsp3) is 0.867. The van der Waals surface area contributed by atoms with E-state index < -0.39 is 11.9 Å². The van der Waals surface area contributed by atoms with E-state index in [2.05, 4.69) is 12.2 Å². The third kappa shape index (κ3) is 3.28. The summed E-state index contributed by atoms with van der Waals surface area (Å²) in [7, 11) is 0. The molecular weight excluding hydrogens is 242 g/mol. The van der Waals surface area contributed by atoms with Crippen molar-refractivity contribution < 1.29 is 14.7 Å². The lowest BCUT2D eigenvalue weighted by Crippen LogP contribution is -2.48. The zero-order valence-electron chi connectivity index (χ0n) is 11.7. The largest absolute Gasteiger partial charge is 0.481 e. The van der Waals surface area contributed by atoms with Crippen molar-refractivity contribution >= 4 is 11.9 Å². The van der Waals surface area contributed by atoms with Gasteiger partial charge in [-0.15, -0.1) is 0 Å². The highest BCUT2D eigenvalue weighted by Crippen LogP contribution is 2.36. The van der Waals surface area contributed by atoms with Crippen LogP contribution in [0.15, 0.2) is 0 Å². The summed E-state index contributed by atoms with van der Waals surface area (Å²) in [6, 6.07) is 0.286. The predicted molar refractivity (Wildman–Crippen MR) is 72.6 cm³/mol. The highest BCUT2D eigenvalue weighted by molar-refractivity contribution is 5.86. The number of carboxylic acids is 1. The average Bonchev–Trinajstić information content (AvgIpc) is 2.71. The normalized spacial score (nSPS) is 33.7. The molecule has 0 aromatic rings. The van der Waals surface area contributed by atoms with Crippen molar-refractivity contribution in [3.05, 3.63) is 0 Å². The number of carboxylic acid groups (broad SMARTS) is 1. The van der Waals surface area contributed by atoms with Gasteiger partial charge in [-0.25, -0.2) is 0 Å². The Morgan fingerprint density at radius 1 is 1.16 bits per heavy atom. The fourth-order valence-electron chi connectivity index (χ4n) is 3.44. The number of amides is 1. The summed E-state index contributed by atoms with van der Waals surface area (Å²) < 4.78 is 0. The molecule has 1 amide bonds. The SMILES string of the molecule is CCCCC1CCCC1NC(=O)C1CCC1C(=O)O. The quantitative estimate of drug-likeness (QED) is 0.777. The molecule has 2 N–H and O–H groups in total. The Bertz CT molecular complexity index is 342. The van der Waals surface area contributed by atoms with Crippen LogP contribution in [0.25, 0.3) is 0 Å². The summed E-state index contributed by atoms with van der Waals surface area (Å²) in [5, 5.41) is 12.1. The topological polar surface area (TPSA) is 66.4 Å². The van der Waals surface area contributed by atoms with Crippen molar-refractivity contribution in [1.29, 1.82) is 0 Å². The van der Waals surface area contributed by atoms with Gasteiger partial charge in [-0.3, -0.25) is 9.59 Å². The van der Waals surface area contributed by atoms with Gasteiger partial charge in [0.1, 0.15) is 0 Å². The molecule has 0 aliphatic heterocycles. The Labute approximate surface area is 115 Å². The van der Waals surface area contributed by atoms with Gasteiger partial charge in [-0.05, 0) is 38.0 Å². The van der Waals surface area contributed by atoms with Gasteiger partial charge in [0.05, 0.1) is 11.8 Å². The summed E-state index contributed by atoms with van der Waals surface area (Å²) in [6.07, 6.45) is 8.44.